The zero-order chi connectivity index (χ0) is 20.6. The van der Waals surface area contributed by atoms with Crippen LogP contribution in [0.5, 0.6) is 0 Å². The summed E-state index contributed by atoms with van der Waals surface area (Å²) in [6.07, 6.45) is 5.99. The van der Waals surface area contributed by atoms with Gasteiger partial charge < -0.3 is 16.1 Å². The molecule has 3 N–H and O–H groups in total. The largest absolute Gasteiger partial charge is 0.326 e. The van der Waals surface area contributed by atoms with Gasteiger partial charge in [-0.2, -0.15) is 0 Å². The lowest BCUT2D eigenvalue weighted by Gasteiger charge is -2.08. The van der Waals surface area contributed by atoms with Crippen molar-refractivity contribution >= 4 is 29.6 Å². The SMILES string of the molecule is Cc1cc(-c2ccc(CC(=O)Nc3ccc(/C(C=N)=C/C=N)cc3)cc2)ccn1. The lowest BCUT2D eigenvalue weighted by molar-refractivity contribution is -0.115. The van der Waals surface area contributed by atoms with Gasteiger partial charge in [0.15, 0.2) is 0 Å². The third-order valence-electron chi connectivity index (χ3n) is 4.47. The molecule has 1 heterocycles. The molecule has 1 amide bonds. The van der Waals surface area contributed by atoms with E-state index in [1.807, 2.05) is 55.5 Å². The van der Waals surface area contributed by atoms with Gasteiger partial charge in [-0.3, -0.25) is 9.78 Å². The van der Waals surface area contributed by atoms with Crippen molar-refractivity contribution < 1.29 is 4.79 Å². The van der Waals surface area contributed by atoms with Crippen LogP contribution in [0.15, 0.2) is 72.9 Å². The van der Waals surface area contributed by atoms with Crippen LogP contribution in [0.3, 0.4) is 0 Å². The number of hydrogen-bond donors (Lipinski definition) is 3. The summed E-state index contributed by atoms with van der Waals surface area (Å²) in [4.78, 5) is 16.6. The predicted molar refractivity (Wildman–Crippen MR) is 119 cm³/mol. The molecular weight excluding hydrogens is 360 g/mol. The number of aromatic nitrogens is 1. The van der Waals surface area contributed by atoms with Crippen LogP contribution < -0.4 is 5.32 Å². The monoisotopic (exact) mass is 382 g/mol. The van der Waals surface area contributed by atoms with E-state index < -0.39 is 0 Å². The van der Waals surface area contributed by atoms with Crippen LogP contribution >= 0.6 is 0 Å². The Morgan fingerprint density at radius 3 is 2.34 bits per heavy atom. The summed E-state index contributed by atoms with van der Waals surface area (Å²) in [7, 11) is 0. The standard InChI is InChI=1S/C24H22N4O/c1-17-14-21(11-13-27-17)19-4-2-18(3-5-19)15-24(29)28-23-8-6-20(7-9-23)22(16-26)10-12-25/h2-14,16,25-26H,15H2,1H3,(H,28,29)/b22-10+,25-12?,26-16?. The summed E-state index contributed by atoms with van der Waals surface area (Å²) in [6, 6.07) is 19.2. The number of nitrogens with zero attached hydrogens (tertiary/aromatic N) is 1. The maximum absolute atomic E-state index is 12.4. The molecule has 2 aromatic carbocycles. The van der Waals surface area contributed by atoms with E-state index in [-0.39, 0.29) is 12.3 Å². The number of hydrogen-bond acceptors (Lipinski definition) is 4. The molecule has 29 heavy (non-hydrogen) atoms. The topological polar surface area (TPSA) is 89.7 Å². The third-order valence-corrected chi connectivity index (χ3v) is 4.47. The molecule has 0 spiro atoms. The molecule has 1 aromatic heterocycles. The lowest BCUT2D eigenvalue weighted by Crippen LogP contribution is -2.14. The van der Waals surface area contributed by atoms with Crippen LogP contribution in [0.25, 0.3) is 16.7 Å². The van der Waals surface area contributed by atoms with Gasteiger partial charge >= 0.3 is 0 Å². The van der Waals surface area contributed by atoms with E-state index in [4.69, 9.17) is 10.8 Å². The second-order valence-electron chi connectivity index (χ2n) is 6.62. The minimum atomic E-state index is -0.0902. The molecule has 3 aromatic rings. The molecule has 144 valence electrons. The van der Waals surface area contributed by atoms with Crippen molar-refractivity contribution in [3.63, 3.8) is 0 Å². The maximum atomic E-state index is 12.4. The van der Waals surface area contributed by atoms with Gasteiger partial charge in [0.1, 0.15) is 0 Å². The van der Waals surface area contributed by atoms with Crippen LogP contribution in [0.2, 0.25) is 0 Å². The molecule has 0 fully saturated rings. The Hall–Kier alpha value is -3.86. The number of nitrogens with one attached hydrogen (secondary N) is 3. The third kappa shape index (κ3) is 5.32. The van der Waals surface area contributed by atoms with Crippen LogP contribution in [-0.4, -0.2) is 23.3 Å². The van der Waals surface area contributed by atoms with Gasteiger partial charge in [-0.05, 0) is 59.5 Å². The lowest BCUT2D eigenvalue weighted by atomic mass is 10.0. The quantitative estimate of drug-likeness (QED) is 0.506. The van der Waals surface area contributed by atoms with Crippen molar-refractivity contribution in [2.45, 2.75) is 13.3 Å². The number of benzene rings is 2. The van der Waals surface area contributed by atoms with Crippen molar-refractivity contribution in [1.82, 2.24) is 4.98 Å². The van der Waals surface area contributed by atoms with Crippen LogP contribution in [0.4, 0.5) is 5.69 Å². The average Bonchev–Trinajstić information content (AvgIpc) is 2.73. The van der Waals surface area contributed by atoms with Gasteiger partial charge in [-0.25, -0.2) is 0 Å². The van der Waals surface area contributed by atoms with Crippen molar-refractivity contribution in [1.29, 1.82) is 10.8 Å². The summed E-state index contributed by atoms with van der Waals surface area (Å²) in [6.45, 7) is 1.96. The second kappa shape index (κ2) is 9.37. The summed E-state index contributed by atoms with van der Waals surface area (Å²) in [5.74, 6) is -0.0902. The summed E-state index contributed by atoms with van der Waals surface area (Å²) in [5, 5.41) is 17.4. The van der Waals surface area contributed by atoms with E-state index >= 15 is 0 Å². The fourth-order valence-electron chi connectivity index (χ4n) is 2.99. The maximum Gasteiger partial charge on any atom is 0.228 e. The van der Waals surface area contributed by atoms with Gasteiger partial charge in [-0.15, -0.1) is 0 Å². The Kier molecular flexibility index (Phi) is 6.43. The Morgan fingerprint density at radius 2 is 1.72 bits per heavy atom. The zero-order valence-electron chi connectivity index (χ0n) is 16.1. The number of allylic oxidation sites excluding steroid dienone is 2. The van der Waals surface area contributed by atoms with E-state index in [2.05, 4.69) is 10.3 Å². The highest BCUT2D eigenvalue weighted by Crippen LogP contribution is 2.20. The molecule has 5 nitrogen and oxygen atoms in total. The number of rotatable bonds is 7. The summed E-state index contributed by atoms with van der Waals surface area (Å²) >= 11 is 0. The van der Waals surface area contributed by atoms with Crippen molar-refractivity contribution in [3.8, 4) is 11.1 Å². The molecule has 0 aliphatic rings. The van der Waals surface area contributed by atoms with Gasteiger partial charge in [0.05, 0.1) is 6.42 Å². The second-order valence-corrected chi connectivity index (χ2v) is 6.62. The number of pyridine rings is 1. The Balaban J connectivity index is 1.62. The predicted octanol–water partition coefficient (Wildman–Crippen LogP) is 4.92. The van der Waals surface area contributed by atoms with E-state index in [0.717, 1.165) is 34.2 Å². The summed E-state index contributed by atoms with van der Waals surface area (Å²) < 4.78 is 0. The first kappa shape index (κ1) is 19.9. The van der Waals surface area contributed by atoms with Gasteiger partial charge in [-0.1, -0.05) is 36.4 Å². The van der Waals surface area contributed by atoms with Gasteiger partial charge in [0.2, 0.25) is 5.91 Å². The molecule has 0 atom stereocenters. The van der Waals surface area contributed by atoms with Crippen molar-refractivity contribution in [2.75, 3.05) is 5.32 Å². The number of carbonyl (C=O) groups excluding carboxylic acids is 1. The first-order chi connectivity index (χ1) is 14.1. The molecule has 5 heteroatoms. The molecule has 0 aliphatic carbocycles. The molecule has 0 unspecified atom stereocenters. The fraction of sp³-hybridized carbons (Fsp3) is 0.0833. The minimum Gasteiger partial charge on any atom is -0.326 e. The van der Waals surface area contributed by atoms with E-state index in [1.165, 1.54) is 6.21 Å². The van der Waals surface area contributed by atoms with Crippen LogP contribution in [-0.2, 0) is 11.2 Å². The van der Waals surface area contributed by atoms with Gasteiger partial charge in [0, 0.05) is 35.6 Å². The van der Waals surface area contributed by atoms with Crippen molar-refractivity contribution in [2.24, 2.45) is 0 Å². The smallest absolute Gasteiger partial charge is 0.228 e. The minimum absolute atomic E-state index is 0.0902. The molecule has 3 rings (SSSR count). The highest BCUT2D eigenvalue weighted by molar-refractivity contribution is 6.12. The number of carbonyl (C=O) groups is 1. The summed E-state index contributed by atoms with van der Waals surface area (Å²) in [5.41, 5.74) is 6.27. The Morgan fingerprint density at radius 1 is 1.00 bits per heavy atom. The molecular formula is C24H22N4O. The number of anilines is 1. The zero-order valence-corrected chi connectivity index (χ0v) is 16.1. The molecule has 0 saturated heterocycles. The molecule has 0 aliphatic heterocycles. The fourth-order valence-corrected chi connectivity index (χ4v) is 2.99. The normalized spacial score (nSPS) is 11.0. The van der Waals surface area contributed by atoms with Crippen molar-refractivity contribution in [3.05, 3.63) is 89.8 Å². The first-order valence-electron chi connectivity index (χ1n) is 9.22. The number of aryl methyl sites for hydroxylation is 1. The highest BCUT2D eigenvalue weighted by atomic mass is 16.1. The Labute approximate surface area is 170 Å². The molecule has 0 bridgehead atoms. The van der Waals surface area contributed by atoms with Crippen LogP contribution in [0.1, 0.15) is 16.8 Å². The average molecular weight is 382 g/mol. The molecule has 0 saturated carbocycles. The molecule has 0 radical (unpaired) electrons. The van der Waals surface area contributed by atoms with Gasteiger partial charge in [0.25, 0.3) is 0 Å². The number of amides is 1. The first-order valence-corrected chi connectivity index (χ1v) is 9.22. The van der Waals surface area contributed by atoms with E-state index in [9.17, 15) is 4.79 Å². The van der Waals surface area contributed by atoms with Crippen LogP contribution in [0, 0.1) is 17.7 Å². The van der Waals surface area contributed by atoms with E-state index in [1.54, 1.807) is 24.4 Å². The Bertz CT molecular complexity index is 1050. The highest BCUT2D eigenvalue weighted by Gasteiger charge is 2.06. The van der Waals surface area contributed by atoms with E-state index in [0.29, 0.717) is 11.3 Å².